The standard InChI is InChI=1S/C21H28ClN3O3/c1-2-3-7-24-8-4-14(5-9-24)25-10-6-18-16(13-25)21(28-23-18)15-11-17(22)20(27)12-19(15)26/h11-12,14,26-27H,2-10,13H2,1H3. The van der Waals surface area contributed by atoms with Crippen LogP contribution in [0.25, 0.3) is 11.3 Å². The van der Waals surface area contributed by atoms with E-state index in [4.69, 9.17) is 16.1 Å². The number of fused-ring (bicyclic) bond motifs is 1. The lowest BCUT2D eigenvalue weighted by Gasteiger charge is -2.40. The van der Waals surface area contributed by atoms with Gasteiger partial charge < -0.3 is 19.6 Å². The van der Waals surface area contributed by atoms with Gasteiger partial charge in [0.2, 0.25) is 0 Å². The molecule has 1 fully saturated rings. The van der Waals surface area contributed by atoms with E-state index in [1.165, 1.54) is 57.5 Å². The SMILES string of the molecule is CCCCN1CCC(N2CCc3noc(-c4cc(Cl)c(O)cc4O)c3C2)CC1. The minimum absolute atomic E-state index is 0.0535. The maximum atomic E-state index is 10.3. The second-order valence-electron chi connectivity index (χ2n) is 7.90. The van der Waals surface area contributed by atoms with Crippen molar-refractivity contribution in [1.29, 1.82) is 0 Å². The van der Waals surface area contributed by atoms with E-state index in [0.29, 0.717) is 17.4 Å². The van der Waals surface area contributed by atoms with Crippen LogP contribution in [-0.4, -0.2) is 57.4 Å². The van der Waals surface area contributed by atoms with Crippen LogP contribution in [-0.2, 0) is 13.0 Å². The van der Waals surface area contributed by atoms with Gasteiger partial charge in [-0.05, 0) is 45.0 Å². The van der Waals surface area contributed by atoms with Crippen LogP contribution in [0.2, 0.25) is 5.02 Å². The molecule has 0 spiro atoms. The van der Waals surface area contributed by atoms with E-state index in [1.807, 2.05) is 0 Å². The summed E-state index contributed by atoms with van der Waals surface area (Å²) >= 11 is 6.05. The summed E-state index contributed by atoms with van der Waals surface area (Å²) < 4.78 is 5.59. The number of benzene rings is 1. The number of likely N-dealkylation sites (tertiary alicyclic amines) is 1. The molecule has 0 aliphatic carbocycles. The Balaban J connectivity index is 1.49. The lowest BCUT2D eigenvalue weighted by molar-refractivity contribution is 0.0974. The molecule has 7 heteroatoms. The number of hydrogen-bond donors (Lipinski definition) is 2. The van der Waals surface area contributed by atoms with E-state index in [9.17, 15) is 10.2 Å². The molecule has 3 heterocycles. The van der Waals surface area contributed by atoms with Crippen molar-refractivity contribution in [3.05, 3.63) is 28.4 Å². The predicted octanol–water partition coefficient (Wildman–Crippen LogP) is 4.03. The third-order valence-electron chi connectivity index (χ3n) is 6.08. The van der Waals surface area contributed by atoms with E-state index >= 15 is 0 Å². The second-order valence-corrected chi connectivity index (χ2v) is 8.31. The summed E-state index contributed by atoms with van der Waals surface area (Å²) in [6.07, 6.45) is 5.76. The minimum Gasteiger partial charge on any atom is -0.507 e. The lowest BCUT2D eigenvalue weighted by Crippen LogP contribution is -2.46. The first-order valence-corrected chi connectivity index (χ1v) is 10.6. The van der Waals surface area contributed by atoms with E-state index < -0.39 is 0 Å². The number of phenols is 2. The van der Waals surface area contributed by atoms with Gasteiger partial charge in [-0.3, -0.25) is 4.90 Å². The van der Waals surface area contributed by atoms with Crippen molar-refractivity contribution < 1.29 is 14.7 Å². The minimum atomic E-state index is -0.146. The quantitative estimate of drug-likeness (QED) is 0.782. The molecular formula is C21H28ClN3O3. The van der Waals surface area contributed by atoms with Gasteiger partial charge in [0.1, 0.15) is 11.5 Å². The zero-order valence-corrected chi connectivity index (χ0v) is 17.1. The summed E-state index contributed by atoms with van der Waals surface area (Å²) in [5, 5.41) is 24.4. The fraction of sp³-hybridized carbons (Fsp3) is 0.571. The molecule has 0 radical (unpaired) electrons. The number of nitrogens with zero attached hydrogens (tertiary/aromatic N) is 3. The number of unbranched alkanes of at least 4 members (excludes halogenated alkanes) is 1. The zero-order valence-electron chi connectivity index (χ0n) is 16.3. The van der Waals surface area contributed by atoms with Crippen molar-refractivity contribution in [2.24, 2.45) is 0 Å². The fourth-order valence-electron chi connectivity index (χ4n) is 4.38. The molecule has 2 aliphatic rings. The summed E-state index contributed by atoms with van der Waals surface area (Å²) in [5.74, 6) is 0.356. The van der Waals surface area contributed by atoms with E-state index in [-0.39, 0.29) is 16.5 Å². The average Bonchev–Trinajstić information content (AvgIpc) is 3.12. The van der Waals surface area contributed by atoms with Gasteiger partial charge in [-0.1, -0.05) is 30.1 Å². The first-order chi connectivity index (χ1) is 13.6. The third-order valence-corrected chi connectivity index (χ3v) is 6.38. The van der Waals surface area contributed by atoms with Crippen molar-refractivity contribution >= 4 is 11.6 Å². The van der Waals surface area contributed by atoms with E-state index in [2.05, 4.69) is 21.9 Å². The molecule has 4 rings (SSSR count). The van der Waals surface area contributed by atoms with Gasteiger partial charge in [-0.25, -0.2) is 0 Å². The highest BCUT2D eigenvalue weighted by Gasteiger charge is 2.31. The fourth-order valence-corrected chi connectivity index (χ4v) is 4.54. The molecule has 2 N–H and O–H groups in total. The number of phenolic OH excluding ortho intramolecular Hbond substituents is 2. The second kappa shape index (κ2) is 8.31. The normalized spacial score (nSPS) is 19.1. The largest absolute Gasteiger partial charge is 0.507 e. The Kier molecular flexibility index (Phi) is 5.80. The molecule has 2 aromatic rings. The maximum absolute atomic E-state index is 10.3. The van der Waals surface area contributed by atoms with Crippen LogP contribution >= 0.6 is 11.6 Å². The summed E-state index contributed by atoms with van der Waals surface area (Å²) in [5.41, 5.74) is 2.46. The van der Waals surface area contributed by atoms with Crippen LogP contribution in [0.15, 0.2) is 16.7 Å². The predicted molar refractivity (Wildman–Crippen MR) is 109 cm³/mol. The Bertz CT molecular complexity index is 831. The number of aromatic hydroxyl groups is 2. The highest BCUT2D eigenvalue weighted by Crippen LogP contribution is 2.40. The highest BCUT2D eigenvalue weighted by atomic mass is 35.5. The van der Waals surface area contributed by atoms with E-state index in [0.717, 1.165) is 30.8 Å². The number of halogens is 1. The van der Waals surface area contributed by atoms with Gasteiger partial charge in [0, 0.05) is 37.2 Å². The molecule has 0 amide bonds. The molecule has 1 saturated heterocycles. The average molecular weight is 406 g/mol. The highest BCUT2D eigenvalue weighted by molar-refractivity contribution is 6.32. The van der Waals surface area contributed by atoms with Gasteiger partial charge in [0.05, 0.1) is 16.3 Å². The number of piperidine rings is 1. The third kappa shape index (κ3) is 3.86. The van der Waals surface area contributed by atoms with Gasteiger partial charge in [-0.15, -0.1) is 0 Å². The van der Waals surface area contributed by atoms with Crippen molar-refractivity contribution in [2.45, 2.75) is 51.6 Å². The molecule has 1 aromatic heterocycles. The molecule has 2 aliphatic heterocycles. The summed E-state index contributed by atoms with van der Waals surface area (Å²) in [6.45, 7) is 7.54. The Labute approximate surface area is 170 Å². The number of hydrogen-bond acceptors (Lipinski definition) is 6. The van der Waals surface area contributed by atoms with Crippen LogP contribution < -0.4 is 0 Å². The molecule has 0 bridgehead atoms. The monoisotopic (exact) mass is 405 g/mol. The Hall–Kier alpha value is -1.76. The van der Waals surface area contributed by atoms with Crippen molar-refractivity contribution in [3.63, 3.8) is 0 Å². The first kappa shape index (κ1) is 19.6. The molecular weight excluding hydrogens is 378 g/mol. The summed E-state index contributed by atoms with van der Waals surface area (Å²) in [7, 11) is 0. The van der Waals surface area contributed by atoms with Crippen molar-refractivity contribution in [1.82, 2.24) is 15.0 Å². The molecule has 152 valence electrons. The van der Waals surface area contributed by atoms with Gasteiger partial charge >= 0.3 is 0 Å². The van der Waals surface area contributed by atoms with Crippen LogP contribution in [0.3, 0.4) is 0 Å². The van der Waals surface area contributed by atoms with Gasteiger partial charge in [0.25, 0.3) is 0 Å². The molecule has 0 unspecified atom stereocenters. The molecule has 1 aromatic carbocycles. The number of rotatable bonds is 5. The Morgan fingerprint density at radius 1 is 1.18 bits per heavy atom. The summed E-state index contributed by atoms with van der Waals surface area (Å²) in [4.78, 5) is 5.11. The smallest absolute Gasteiger partial charge is 0.175 e. The molecule has 0 saturated carbocycles. The first-order valence-electron chi connectivity index (χ1n) is 10.2. The Morgan fingerprint density at radius 3 is 2.71 bits per heavy atom. The molecule has 0 atom stereocenters. The number of aromatic nitrogens is 1. The van der Waals surface area contributed by atoms with Crippen molar-refractivity contribution in [2.75, 3.05) is 26.2 Å². The zero-order chi connectivity index (χ0) is 19.7. The van der Waals surface area contributed by atoms with Crippen LogP contribution in [0.4, 0.5) is 0 Å². The lowest BCUT2D eigenvalue weighted by atomic mass is 9.96. The van der Waals surface area contributed by atoms with Crippen molar-refractivity contribution in [3.8, 4) is 22.8 Å². The molecule has 6 nitrogen and oxygen atoms in total. The van der Waals surface area contributed by atoms with Gasteiger partial charge in [-0.2, -0.15) is 0 Å². The van der Waals surface area contributed by atoms with Crippen LogP contribution in [0, 0.1) is 0 Å². The van der Waals surface area contributed by atoms with Gasteiger partial charge in [0.15, 0.2) is 5.76 Å². The maximum Gasteiger partial charge on any atom is 0.175 e. The topological polar surface area (TPSA) is 73.0 Å². The summed E-state index contributed by atoms with van der Waals surface area (Å²) in [6, 6.07) is 3.36. The Morgan fingerprint density at radius 2 is 1.96 bits per heavy atom. The van der Waals surface area contributed by atoms with Crippen LogP contribution in [0.1, 0.15) is 43.9 Å². The van der Waals surface area contributed by atoms with Crippen LogP contribution in [0.5, 0.6) is 11.5 Å². The van der Waals surface area contributed by atoms with E-state index in [1.54, 1.807) is 0 Å². The molecule has 28 heavy (non-hydrogen) atoms.